The van der Waals surface area contributed by atoms with E-state index in [0.29, 0.717) is 12.2 Å². The van der Waals surface area contributed by atoms with Gasteiger partial charge in [-0.15, -0.1) is 0 Å². The Morgan fingerprint density at radius 2 is 2.19 bits per heavy atom. The molecule has 0 saturated heterocycles. The van der Waals surface area contributed by atoms with Gasteiger partial charge < -0.3 is 9.73 Å². The summed E-state index contributed by atoms with van der Waals surface area (Å²) in [6.45, 7) is 0.603. The summed E-state index contributed by atoms with van der Waals surface area (Å²) in [6, 6.07) is 11.4. The van der Waals surface area contributed by atoms with E-state index >= 15 is 0 Å². The maximum absolute atomic E-state index is 12.1. The van der Waals surface area contributed by atoms with Gasteiger partial charge in [-0.1, -0.05) is 18.2 Å². The van der Waals surface area contributed by atoms with Gasteiger partial charge in [0, 0.05) is 17.7 Å². The largest absolute Gasteiger partial charge is 0.468 e. The van der Waals surface area contributed by atoms with Crippen molar-refractivity contribution in [3.63, 3.8) is 0 Å². The van der Waals surface area contributed by atoms with Crippen LogP contribution >= 0.6 is 11.8 Å². The van der Waals surface area contributed by atoms with Crippen molar-refractivity contribution in [1.29, 1.82) is 0 Å². The van der Waals surface area contributed by atoms with Gasteiger partial charge in [0.2, 0.25) is 0 Å². The van der Waals surface area contributed by atoms with Crippen LogP contribution in [0.2, 0.25) is 0 Å². The van der Waals surface area contributed by atoms with E-state index < -0.39 is 0 Å². The molecule has 108 valence electrons. The smallest absolute Gasteiger partial charge is 0.272 e. The number of para-hydroxylation sites is 1. The Bertz CT molecular complexity index is 721. The van der Waals surface area contributed by atoms with Crippen LogP contribution in [0.3, 0.4) is 0 Å². The number of amides is 1. The van der Waals surface area contributed by atoms with Crippen LogP contribution in [-0.2, 0) is 5.75 Å². The molecule has 0 saturated carbocycles. The standard InChI is InChI=1S/C15H15N3O2S/c19-15(14-12-5-1-2-6-13(12)17-18-14)16-7-9-21-10-11-4-3-8-20-11/h1-6,8H,7,9-10H2,(H,16,19)(H,17,18). The Balaban J connectivity index is 1.48. The second-order valence-corrected chi connectivity index (χ2v) is 5.61. The molecule has 0 spiro atoms. The second kappa shape index (κ2) is 6.49. The Hall–Kier alpha value is -2.21. The molecule has 0 aliphatic rings. The molecule has 0 unspecified atom stereocenters. The summed E-state index contributed by atoms with van der Waals surface area (Å²) in [6.07, 6.45) is 1.67. The molecule has 0 aliphatic carbocycles. The van der Waals surface area contributed by atoms with E-state index in [1.807, 2.05) is 36.4 Å². The number of H-pyrrole nitrogens is 1. The number of hydrogen-bond acceptors (Lipinski definition) is 4. The number of carbonyl (C=O) groups is 1. The summed E-state index contributed by atoms with van der Waals surface area (Å²) in [5.74, 6) is 2.44. The highest BCUT2D eigenvalue weighted by atomic mass is 32.2. The Morgan fingerprint density at radius 1 is 1.29 bits per heavy atom. The van der Waals surface area contributed by atoms with Crippen LogP contribution in [0.15, 0.2) is 47.1 Å². The number of fused-ring (bicyclic) bond motifs is 1. The first-order valence-electron chi connectivity index (χ1n) is 6.66. The van der Waals surface area contributed by atoms with Crippen LogP contribution in [0.25, 0.3) is 10.9 Å². The maximum atomic E-state index is 12.1. The van der Waals surface area contributed by atoms with Crippen LogP contribution < -0.4 is 5.32 Å². The topological polar surface area (TPSA) is 70.9 Å². The van der Waals surface area contributed by atoms with E-state index in [1.54, 1.807) is 18.0 Å². The molecule has 2 heterocycles. The van der Waals surface area contributed by atoms with Crippen LogP contribution in [0.4, 0.5) is 0 Å². The highest BCUT2D eigenvalue weighted by Gasteiger charge is 2.12. The second-order valence-electron chi connectivity index (χ2n) is 4.51. The third kappa shape index (κ3) is 3.28. The van der Waals surface area contributed by atoms with Gasteiger partial charge in [-0.25, -0.2) is 0 Å². The normalized spacial score (nSPS) is 10.9. The van der Waals surface area contributed by atoms with Crippen molar-refractivity contribution < 1.29 is 9.21 Å². The van der Waals surface area contributed by atoms with Gasteiger partial charge in [-0.05, 0) is 18.2 Å². The lowest BCUT2D eigenvalue weighted by atomic mass is 10.2. The van der Waals surface area contributed by atoms with Crippen molar-refractivity contribution in [3.8, 4) is 0 Å². The highest BCUT2D eigenvalue weighted by Crippen LogP contribution is 2.15. The van der Waals surface area contributed by atoms with Crippen LogP contribution in [-0.4, -0.2) is 28.4 Å². The Kier molecular flexibility index (Phi) is 4.25. The minimum atomic E-state index is -0.147. The van der Waals surface area contributed by atoms with Gasteiger partial charge in [0.1, 0.15) is 5.76 Å². The predicted molar refractivity (Wildman–Crippen MR) is 83.3 cm³/mol. The number of thioether (sulfide) groups is 1. The summed E-state index contributed by atoms with van der Waals surface area (Å²) in [5, 5.41) is 10.7. The minimum Gasteiger partial charge on any atom is -0.468 e. The molecule has 0 fully saturated rings. The number of aromatic nitrogens is 2. The number of nitrogens with zero attached hydrogens (tertiary/aromatic N) is 1. The maximum Gasteiger partial charge on any atom is 0.272 e. The SMILES string of the molecule is O=C(NCCSCc1ccco1)c1n[nH]c2ccccc12. The van der Waals surface area contributed by atoms with Gasteiger partial charge in [0.05, 0.1) is 17.5 Å². The van der Waals surface area contributed by atoms with E-state index in [9.17, 15) is 4.79 Å². The van der Waals surface area contributed by atoms with Gasteiger partial charge in [-0.2, -0.15) is 16.9 Å². The zero-order valence-corrected chi connectivity index (χ0v) is 12.2. The minimum absolute atomic E-state index is 0.147. The lowest BCUT2D eigenvalue weighted by Gasteiger charge is -2.03. The number of furan rings is 1. The lowest BCUT2D eigenvalue weighted by Crippen LogP contribution is -2.26. The number of aromatic amines is 1. The van der Waals surface area contributed by atoms with Crippen LogP contribution in [0, 0.1) is 0 Å². The molecular formula is C15H15N3O2S. The average Bonchev–Trinajstić information content (AvgIpc) is 3.16. The number of benzene rings is 1. The molecule has 3 rings (SSSR count). The van der Waals surface area contributed by atoms with Crippen molar-refractivity contribution in [1.82, 2.24) is 15.5 Å². The number of carbonyl (C=O) groups excluding carboxylic acids is 1. The fraction of sp³-hybridized carbons (Fsp3) is 0.200. The fourth-order valence-electron chi connectivity index (χ4n) is 2.02. The van der Waals surface area contributed by atoms with Gasteiger partial charge in [-0.3, -0.25) is 9.89 Å². The first-order chi connectivity index (χ1) is 10.3. The number of rotatable bonds is 6. The van der Waals surface area contributed by atoms with Gasteiger partial charge in [0.25, 0.3) is 5.91 Å². The first kappa shape index (κ1) is 13.8. The van der Waals surface area contributed by atoms with E-state index in [1.165, 1.54) is 0 Å². The molecule has 1 aromatic carbocycles. The van der Waals surface area contributed by atoms with Crippen LogP contribution in [0.1, 0.15) is 16.2 Å². The molecule has 5 nitrogen and oxygen atoms in total. The van der Waals surface area contributed by atoms with E-state index in [0.717, 1.165) is 28.2 Å². The van der Waals surface area contributed by atoms with Crippen molar-refractivity contribution >= 4 is 28.6 Å². The molecule has 6 heteroatoms. The molecule has 1 amide bonds. The zero-order valence-electron chi connectivity index (χ0n) is 11.3. The molecule has 0 aliphatic heterocycles. The summed E-state index contributed by atoms with van der Waals surface area (Å²) < 4.78 is 5.25. The summed E-state index contributed by atoms with van der Waals surface area (Å²) in [4.78, 5) is 12.1. The molecule has 3 aromatic rings. The quantitative estimate of drug-likeness (QED) is 0.687. The first-order valence-corrected chi connectivity index (χ1v) is 7.81. The van der Waals surface area contributed by atoms with E-state index in [2.05, 4.69) is 15.5 Å². The van der Waals surface area contributed by atoms with E-state index in [4.69, 9.17) is 4.42 Å². The third-order valence-corrected chi connectivity index (χ3v) is 4.02. The van der Waals surface area contributed by atoms with Gasteiger partial charge >= 0.3 is 0 Å². The van der Waals surface area contributed by atoms with Crippen molar-refractivity contribution in [2.75, 3.05) is 12.3 Å². The Labute approximate surface area is 126 Å². The molecule has 2 N–H and O–H groups in total. The molecule has 21 heavy (non-hydrogen) atoms. The summed E-state index contributed by atoms with van der Waals surface area (Å²) in [5.41, 5.74) is 1.32. The monoisotopic (exact) mass is 301 g/mol. The number of nitrogens with one attached hydrogen (secondary N) is 2. The van der Waals surface area contributed by atoms with Crippen LogP contribution in [0.5, 0.6) is 0 Å². The fourth-order valence-corrected chi connectivity index (χ4v) is 2.78. The van der Waals surface area contributed by atoms with E-state index in [-0.39, 0.29) is 5.91 Å². The summed E-state index contributed by atoms with van der Waals surface area (Å²) >= 11 is 1.72. The van der Waals surface area contributed by atoms with Crippen molar-refractivity contribution in [2.45, 2.75) is 5.75 Å². The molecule has 0 radical (unpaired) electrons. The lowest BCUT2D eigenvalue weighted by molar-refractivity contribution is 0.0953. The molecule has 2 aromatic heterocycles. The molecular weight excluding hydrogens is 286 g/mol. The van der Waals surface area contributed by atoms with Crippen molar-refractivity contribution in [3.05, 3.63) is 54.1 Å². The zero-order chi connectivity index (χ0) is 14.5. The highest BCUT2D eigenvalue weighted by molar-refractivity contribution is 7.98. The Morgan fingerprint density at radius 3 is 3.05 bits per heavy atom. The molecule has 0 atom stereocenters. The third-order valence-electron chi connectivity index (χ3n) is 3.04. The van der Waals surface area contributed by atoms with Gasteiger partial charge in [0.15, 0.2) is 5.69 Å². The van der Waals surface area contributed by atoms with Crippen molar-refractivity contribution in [2.24, 2.45) is 0 Å². The molecule has 0 bridgehead atoms. The predicted octanol–water partition coefficient (Wildman–Crippen LogP) is 2.82. The number of hydrogen-bond donors (Lipinski definition) is 2. The average molecular weight is 301 g/mol. The summed E-state index contributed by atoms with van der Waals surface area (Å²) in [7, 11) is 0.